The van der Waals surface area contributed by atoms with E-state index in [-0.39, 0.29) is 28.4 Å². The minimum absolute atomic E-state index is 0.0160. The Kier molecular flexibility index (Phi) is 6.45. The van der Waals surface area contributed by atoms with Crippen molar-refractivity contribution >= 4 is 11.6 Å². The Morgan fingerprint density at radius 1 is 1.12 bits per heavy atom. The molecule has 9 nitrogen and oxygen atoms in total. The van der Waals surface area contributed by atoms with Crippen molar-refractivity contribution in [3.05, 3.63) is 52.7 Å². The summed E-state index contributed by atoms with van der Waals surface area (Å²) >= 11 is 0. The molecule has 4 saturated carbocycles. The van der Waals surface area contributed by atoms with Crippen molar-refractivity contribution < 1.29 is 18.5 Å². The molecule has 0 spiro atoms. The average Bonchev–Trinajstić information content (AvgIpc) is 3.60. The van der Waals surface area contributed by atoms with E-state index >= 15 is 0 Å². The Morgan fingerprint density at radius 3 is 2.60 bits per heavy atom. The van der Waals surface area contributed by atoms with Gasteiger partial charge in [-0.15, -0.1) is 0 Å². The fourth-order valence-electron chi connectivity index (χ4n) is 7.12. The Morgan fingerprint density at radius 2 is 1.93 bits per heavy atom. The number of aromatic nitrogens is 3. The highest BCUT2D eigenvalue weighted by atomic mass is 16.5. The van der Waals surface area contributed by atoms with Gasteiger partial charge in [-0.25, -0.2) is 4.79 Å². The molecule has 5 aliphatic rings. The lowest BCUT2D eigenvalue weighted by Crippen LogP contribution is -2.52. The second-order valence-electron chi connectivity index (χ2n) is 12.5. The van der Waals surface area contributed by atoms with E-state index in [0.717, 1.165) is 80.9 Å². The third-order valence-electron chi connectivity index (χ3n) is 10.00. The number of fused-ring (bicyclic) bond motifs is 3. The van der Waals surface area contributed by atoms with Crippen LogP contribution >= 0.6 is 0 Å². The number of carbonyl (C=O) groups excluding carboxylic acids is 1. The Bertz CT molecular complexity index is 1420. The van der Waals surface area contributed by atoms with Crippen LogP contribution in [0.1, 0.15) is 88.8 Å². The second kappa shape index (κ2) is 10.0. The molecule has 1 unspecified atom stereocenters. The normalized spacial score (nSPS) is 28.1. The van der Waals surface area contributed by atoms with Crippen molar-refractivity contribution in [1.82, 2.24) is 14.7 Å². The molecule has 9 heteroatoms. The van der Waals surface area contributed by atoms with E-state index in [4.69, 9.17) is 18.7 Å². The zero-order chi connectivity index (χ0) is 27.3. The number of amides is 1. The van der Waals surface area contributed by atoms with Gasteiger partial charge in [0.15, 0.2) is 11.6 Å². The number of carbonyl (C=O) groups is 1. The van der Waals surface area contributed by atoms with E-state index in [9.17, 15) is 9.59 Å². The van der Waals surface area contributed by atoms with Crippen LogP contribution in [0.2, 0.25) is 0 Å². The summed E-state index contributed by atoms with van der Waals surface area (Å²) < 4.78 is 18.6. The smallest absolute Gasteiger partial charge is 0.408 e. The van der Waals surface area contributed by atoms with E-state index in [1.165, 1.54) is 12.8 Å². The van der Waals surface area contributed by atoms with Gasteiger partial charge in [-0.1, -0.05) is 17.3 Å². The Labute approximate surface area is 233 Å². The first kappa shape index (κ1) is 25.7. The van der Waals surface area contributed by atoms with Gasteiger partial charge in [0.05, 0.1) is 18.7 Å². The summed E-state index contributed by atoms with van der Waals surface area (Å²) in [6.45, 7) is 4.33. The average molecular weight is 547 g/mol. The van der Waals surface area contributed by atoms with Crippen LogP contribution in [0.4, 0.5) is 5.69 Å². The van der Waals surface area contributed by atoms with Gasteiger partial charge in [0.2, 0.25) is 11.8 Å². The zero-order valence-corrected chi connectivity index (χ0v) is 23.3. The van der Waals surface area contributed by atoms with Crippen molar-refractivity contribution in [2.24, 2.45) is 11.3 Å². The van der Waals surface area contributed by atoms with E-state index in [1.807, 2.05) is 36.1 Å². The maximum atomic E-state index is 14.1. The monoisotopic (exact) mass is 546 g/mol. The van der Waals surface area contributed by atoms with Gasteiger partial charge in [-0.2, -0.15) is 4.98 Å². The van der Waals surface area contributed by atoms with Crippen LogP contribution in [-0.4, -0.2) is 40.4 Å². The molecule has 3 heterocycles. The van der Waals surface area contributed by atoms with Crippen molar-refractivity contribution in [2.45, 2.75) is 89.0 Å². The SMILES string of the molecule is CCn1cc(-c2cccc(N(CC34CCC(c5nc(C6CC6)no5)(CC3)CC4)C(=O)C3CCCOC3)c2)oc1=O. The van der Waals surface area contributed by atoms with E-state index < -0.39 is 0 Å². The summed E-state index contributed by atoms with van der Waals surface area (Å²) in [7, 11) is 0. The molecule has 3 aromatic rings. The number of nitrogens with zero attached hydrogens (tertiary/aromatic N) is 4. The van der Waals surface area contributed by atoms with Gasteiger partial charge < -0.3 is 18.6 Å². The van der Waals surface area contributed by atoms with Crippen LogP contribution in [-0.2, 0) is 21.5 Å². The summed E-state index contributed by atoms with van der Waals surface area (Å²) in [5.74, 6) is 2.36. The van der Waals surface area contributed by atoms with Crippen LogP contribution in [0.3, 0.4) is 0 Å². The minimum atomic E-state index is -0.368. The molecule has 2 aromatic heterocycles. The standard InChI is InChI=1S/C31H38N4O5/c1-2-34-18-25(39-29(34)37)22-5-3-7-24(17-22)35(27(36)23-6-4-16-38-19-23)20-30-10-13-31(14-11-30,15-12-30)28-32-26(33-40-28)21-8-9-21/h3,5,7,17-18,21,23H,2,4,6,8-16,19-20H2,1H3. The van der Waals surface area contributed by atoms with Crippen LogP contribution in [0.5, 0.6) is 0 Å². The molecule has 40 heavy (non-hydrogen) atoms. The molecule has 2 bridgehead atoms. The first-order valence-corrected chi connectivity index (χ1v) is 15.0. The molecule has 1 atom stereocenters. The predicted octanol–water partition coefficient (Wildman–Crippen LogP) is 5.44. The second-order valence-corrected chi connectivity index (χ2v) is 12.5. The van der Waals surface area contributed by atoms with Gasteiger partial charge in [-0.05, 0) is 88.7 Å². The van der Waals surface area contributed by atoms with Crippen LogP contribution in [0.25, 0.3) is 11.3 Å². The molecular formula is C31H38N4O5. The molecule has 0 radical (unpaired) electrons. The third-order valence-corrected chi connectivity index (χ3v) is 10.00. The summed E-state index contributed by atoms with van der Waals surface area (Å²) in [6.07, 6.45) is 12.0. The molecule has 5 fully saturated rings. The third kappa shape index (κ3) is 4.62. The lowest BCUT2D eigenvalue weighted by molar-refractivity contribution is -0.127. The first-order chi connectivity index (χ1) is 19.5. The van der Waals surface area contributed by atoms with Crippen molar-refractivity contribution in [2.75, 3.05) is 24.7 Å². The van der Waals surface area contributed by atoms with E-state index in [2.05, 4.69) is 5.16 Å². The summed E-state index contributed by atoms with van der Waals surface area (Å²) in [4.78, 5) is 33.1. The zero-order valence-electron chi connectivity index (χ0n) is 23.3. The van der Waals surface area contributed by atoms with Crippen LogP contribution in [0, 0.1) is 11.3 Å². The topological polar surface area (TPSA) is 104 Å². The van der Waals surface area contributed by atoms with Gasteiger partial charge in [-0.3, -0.25) is 9.36 Å². The Balaban J connectivity index is 1.16. The first-order valence-electron chi connectivity index (χ1n) is 15.0. The highest BCUT2D eigenvalue weighted by Crippen LogP contribution is 2.58. The van der Waals surface area contributed by atoms with Crippen molar-refractivity contribution in [3.63, 3.8) is 0 Å². The molecule has 0 N–H and O–H groups in total. The van der Waals surface area contributed by atoms with Crippen LogP contribution < -0.4 is 10.7 Å². The largest absolute Gasteiger partial charge is 0.419 e. The maximum Gasteiger partial charge on any atom is 0.419 e. The number of rotatable bonds is 8. The van der Waals surface area contributed by atoms with Crippen LogP contribution in [0.15, 0.2) is 44.2 Å². The number of ether oxygens (including phenoxy) is 1. The van der Waals surface area contributed by atoms with Gasteiger partial charge in [0.25, 0.3) is 0 Å². The quantitative estimate of drug-likeness (QED) is 0.371. The molecule has 1 amide bonds. The lowest BCUT2D eigenvalue weighted by Gasteiger charge is -2.53. The van der Waals surface area contributed by atoms with Gasteiger partial charge in [0, 0.05) is 42.3 Å². The number of oxazole rings is 1. The molecule has 1 aromatic carbocycles. The van der Waals surface area contributed by atoms with E-state index in [1.54, 1.807) is 10.8 Å². The van der Waals surface area contributed by atoms with Gasteiger partial charge in [0.1, 0.15) is 0 Å². The molecule has 1 saturated heterocycles. The fraction of sp³-hybridized carbons (Fsp3) is 0.613. The van der Waals surface area contributed by atoms with Gasteiger partial charge >= 0.3 is 5.76 Å². The molecule has 212 valence electrons. The summed E-state index contributed by atoms with van der Waals surface area (Å²) in [6, 6.07) is 7.88. The number of aryl methyl sites for hydroxylation is 1. The molecule has 8 rings (SSSR count). The fourth-order valence-corrected chi connectivity index (χ4v) is 7.12. The number of hydrogen-bond donors (Lipinski definition) is 0. The number of hydrogen-bond acceptors (Lipinski definition) is 7. The maximum absolute atomic E-state index is 14.1. The minimum Gasteiger partial charge on any atom is -0.408 e. The Hall–Kier alpha value is -3.20. The highest BCUT2D eigenvalue weighted by Gasteiger charge is 2.53. The summed E-state index contributed by atoms with van der Waals surface area (Å²) in [5, 5.41) is 4.31. The lowest BCUT2D eigenvalue weighted by atomic mass is 9.53. The van der Waals surface area contributed by atoms with E-state index in [0.29, 0.717) is 31.4 Å². The molecular weight excluding hydrogens is 508 g/mol. The van der Waals surface area contributed by atoms with Crippen molar-refractivity contribution in [3.8, 4) is 11.3 Å². The number of benzene rings is 1. The van der Waals surface area contributed by atoms with Crippen molar-refractivity contribution in [1.29, 1.82) is 0 Å². The molecule has 1 aliphatic heterocycles. The molecule has 4 aliphatic carbocycles. The summed E-state index contributed by atoms with van der Waals surface area (Å²) in [5.41, 5.74) is 1.69. The predicted molar refractivity (Wildman–Crippen MR) is 148 cm³/mol. The highest BCUT2D eigenvalue weighted by molar-refractivity contribution is 5.96. The number of anilines is 1.